The first-order valence-electron chi connectivity index (χ1n) is 8.09. The van der Waals surface area contributed by atoms with Gasteiger partial charge >= 0.3 is 11.9 Å². The van der Waals surface area contributed by atoms with Gasteiger partial charge in [0.05, 0.1) is 19.1 Å². The lowest BCUT2D eigenvalue weighted by atomic mass is 10.00. The van der Waals surface area contributed by atoms with Gasteiger partial charge in [-0.15, -0.1) is 0 Å². The summed E-state index contributed by atoms with van der Waals surface area (Å²) in [5, 5.41) is 9.57. The molecular weight excluding hydrogens is 326 g/mol. The van der Waals surface area contributed by atoms with Crippen LogP contribution in [0.1, 0.15) is 24.8 Å². The Morgan fingerprint density at radius 2 is 2.04 bits per heavy atom. The molecule has 0 aromatic heterocycles. The lowest BCUT2D eigenvalue weighted by molar-refractivity contribution is -0.164. The number of hydrogen-bond acceptors (Lipinski definition) is 5. The van der Waals surface area contributed by atoms with Gasteiger partial charge < -0.3 is 14.6 Å². The van der Waals surface area contributed by atoms with Gasteiger partial charge in [-0.3, -0.25) is 9.69 Å². The molecule has 2 aliphatic rings. The molecule has 1 N–H and O–H groups in total. The minimum atomic E-state index is -1.15. The standard InChI is InChI=1S/C18H19NO6/c1-24-18(23)15-16(25-14-10-13(20)19(14)15)12(17(21)22)9-5-8-11-6-3-2-4-7-11/h2-4,6-7,14-15H,5,8-10H2,1H3,(H,21,22)/b16-12+/t14-,15?/m1/s1. The van der Waals surface area contributed by atoms with Gasteiger partial charge in [0.25, 0.3) is 0 Å². The van der Waals surface area contributed by atoms with Gasteiger partial charge in [0.1, 0.15) is 5.76 Å². The molecule has 7 nitrogen and oxygen atoms in total. The maximum absolute atomic E-state index is 12.1. The minimum Gasteiger partial charge on any atom is -0.478 e. The van der Waals surface area contributed by atoms with Gasteiger partial charge in [0.2, 0.25) is 5.91 Å². The zero-order chi connectivity index (χ0) is 18.0. The second-order valence-corrected chi connectivity index (χ2v) is 5.99. The van der Waals surface area contributed by atoms with Gasteiger partial charge in [0.15, 0.2) is 12.3 Å². The number of carboxylic acid groups (broad SMARTS) is 1. The van der Waals surface area contributed by atoms with Crippen LogP contribution in [0.15, 0.2) is 41.7 Å². The van der Waals surface area contributed by atoms with Gasteiger partial charge in [-0.05, 0) is 24.8 Å². The molecular formula is C18H19NO6. The first-order chi connectivity index (χ1) is 12.0. The van der Waals surface area contributed by atoms with E-state index < -0.39 is 24.2 Å². The predicted octanol–water partition coefficient (Wildman–Crippen LogP) is 1.48. The number of rotatable bonds is 6. The first-order valence-corrected chi connectivity index (χ1v) is 8.09. The van der Waals surface area contributed by atoms with Crippen LogP contribution in [0.3, 0.4) is 0 Å². The van der Waals surface area contributed by atoms with Crippen LogP contribution in [-0.2, 0) is 30.3 Å². The van der Waals surface area contributed by atoms with Crippen molar-refractivity contribution >= 4 is 17.8 Å². The van der Waals surface area contributed by atoms with E-state index >= 15 is 0 Å². The third-order valence-corrected chi connectivity index (χ3v) is 4.45. The summed E-state index contributed by atoms with van der Waals surface area (Å²) in [6, 6.07) is 8.62. The largest absolute Gasteiger partial charge is 0.478 e. The summed E-state index contributed by atoms with van der Waals surface area (Å²) in [6.07, 6.45) is 1.11. The van der Waals surface area contributed by atoms with Crippen LogP contribution >= 0.6 is 0 Å². The quantitative estimate of drug-likeness (QED) is 0.477. The van der Waals surface area contributed by atoms with E-state index in [0.717, 1.165) is 5.56 Å². The Labute approximate surface area is 144 Å². The van der Waals surface area contributed by atoms with Crippen LogP contribution in [0.2, 0.25) is 0 Å². The Hall–Kier alpha value is -2.83. The number of carboxylic acids is 1. The smallest absolute Gasteiger partial charge is 0.336 e. The molecule has 25 heavy (non-hydrogen) atoms. The molecule has 7 heteroatoms. The number of nitrogens with zero attached hydrogens (tertiary/aromatic N) is 1. The highest BCUT2D eigenvalue weighted by Crippen LogP contribution is 2.39. The fourth-order valence-electron chi connectivity index (χ4n) is 3.17. The van der Waals surface area contributed by atoms with Crippen LogP contribution < -0.4 is 0 Å². The summed E-state index contributed by atoms with van der Waals surface area (Å²) in [5.74, 6) is -2.05. The van der Waals surface area contributed by atoms with E-state index in [-0.39, 0.29) is 30.1 Å². The number of esters is 1. The van der Waals surface area contributed by atoms with Crippen molar-refractivity contribution in [3.8, 4) is 0 Å². The summed E-state index contributed by atoms with van der Waals surface area (Å²) in [6.45, 7) is 0. The number of benzene rings is 1. The van der Waals surface area contributed by atoms with Crippen LogP contribution in [0.5, 0.6) is 0 Å². The van der Waals surface area contributed by atoms with E-state index in [9.17, 15) is 19.5 Å². The van der Waals surface area contributed by atoms with Gasteiger partial charge in [-0.25, -0.2) is 9.59 Å². The molecule has 1 amide bonds. The van der Waals surface area contributed by atoms with Crippen LogP contribution in [0.4, 0.5) is 0 Å². The number of hydrogen-bond donors (Lipinski definition) is 1. The molecule has 2 aliphatic heterocycles. The first kappa shape index (κ1) is 17.0. The van der Waals surface area contributed by atoms with Gasteiger partial charge in [0, 0.05) is 0 Å². The lowest BCUT2D eigenvalue weighted by Crippen LogP contribution is -2.55. The molecule has 2 fully saturated rings. The normalized spacial score (nSPS) is 23.4. The zero-order valence-corrected chi connectivity index (χ0v) is 13.8. The Balaban J connectivity index is 1.80. The van der Waals surface area contributed by atoms with Crippen molar-refractivity contribution in [1.82, 2.24) is 4.90 Å². The lowest BCUT2D eigenvalue weighted by Gasteiger charge is -2.33. The SMILES string of the molecule is COC(=O)C1/C(=C(/CCCc2ccccc2)C(=O)O)O[C@@H]2CC(=O)N12. The molecule has 132 valence electrons. The third kappa shape index (κ3) is 3.22. The number of fused-ring (bicyclic) bond motifs is 1. The van der Waals surface area contributed by atoms with Gasteiger partial charge in [-0.1, -0.05) is 30.3 Å². The molecule has 1 aromatic rings. The second-order valence-electron chi connectivity index (χ2n) is 5.99. The monoisotopic (exact) mass is 345 g/mol. The van der Waals surface area contributed by atoms with Crippen LogP contribution in [0, 0.1) is 0 Å². The zero-order valence-electron chi connectivity index (χ0n) is 13.8. The molecule has 1 unspecified atom stereocenters. The summed E-state index contributed by atoms with van der Waals surface area (Å²) in [5.41, 5.74) is 1.13. The van der Waals surface area contributed by atoms with E-state index in [2.05, 4.69) is 0 Å². The average Bonchev–Trinajstić information content (AvgIpc) is 2.91. The molecule has 0 bridgehead atoms. The van der Waals surface area contributed by atoms with E-state index in [1.807, 2.05) is 30.3 Å². The molecule has 3 rings (SSSR count). The van der Waals surface area contributed by atoms with Crippen molar-refractivity contribution in [3.05, 3.63) is 47.2 Å². The summed E-state index contributed by atoms with van der Waals surface area (Å²) < 4.78 is 10.3. The Kier molecular flexibility index (Phi) is 4.74. The fraction of sp³-hybridized carbons (Fsp3) is 0.389. The maximum atomic E-state index is 12.1. The number of methoxy groups -OCH3 is 1. The molecule has 1 aromatic carbocycles. The van der Waals surface area contributed by atoms with Crippen LogP contribution in [-0.4, -0.2) is 47.2 Å². The molecule has 2 atom stereocenters. The fourth-order valence-corrected chi connectivity index (χ4v) is 3.17. The Bertz CT molecular complexity index is 726. The minimum absolute atomic E-state index is 0.0218. The summed E-state index contributed by atoms with van der Waals surface area (Å²) in [7, 11) is 1.20. The highest BCUT2D eigenvalue weighted by atomic mass is 16.6. The summed E-state index contributed by atoms with van der Waals surface area (Å²) in [4.78, 5) is 36.8. The predicted molar refractivity (Wildman–Crippen MR) is 86.2 cm³/mol. The number of carbonyl (C=O) groups is 3. The van der Waals surface area contributed by atoms with Crippen molar-refractivity contribution in [3.63, 3.8) is 0 Å². The summed E-state index contributed by atoms with van der Waals surface area (Å²) >= 11 is 0. The van der Waals surface area contributed by atoms with Crippen molar-refractivity contribution in [2.45, 2.75) is 38.0 Å². The van der Waals surface area contributed by atoms with E-state index in [0.29, 0.717) is 12.8 Å². The number of aliphatic carboxylic acids is 1. The number of ether oxygens (including phenoxy) is 2. The van der Waals surface area contributed by atoms with E-state index in [1.54, 1.807) is 0 Å². The molecule has 2 saturated heterocycles. The van der Waals surface area contributed by atoms with Crippen molar-refractivity contribution in [2.24, 2.45) is 0 Å². The number of aryl methyl sites for hydroxylation is 1. The molecule has 0 radical (unpaired) electrons. The highest BCUT2D eigenvalue weighted by molar-refractivity contribution is 5.95. The van der Waals surface area contributed by atoms with E-state index in [4.69, 9.17) is 9.47 Å². The second kappa shape index (κ2) is 6.96. The van der Waals surface area contributed by atoms with Crippen molar-refractivity contribution in [1.29, 1.82) is 0 Å². The number of β-lactam (4-membered cyclic amide) rings is 1. The topological polar surface area (TPSA) is 93.1 Å². The number of amides is 1. The van der Waals surface area contributed by atoms with Crippen molar-refractivity contribution < 1.29 is 29.0 Å². The molecule has 2 heterocycles. The number of carbonyl (C=O) groups excluding carboxylic acids is 2. The maximum Gasteiger partial charge on any atom is 0.336 e. The van der Waals surface area contributed by atoms with Gasteiger partial charge in [-0.2, -0.15) is 0 Å². The average molecular weight is 345 g/mol. The Morgan fingerprint density at radius 3 is 2.64 bits per heavy atom. The Morgan fingerprint density at radius 1 is 1.32 bits per heavy atom. The molecule has 0 aliphatic carbocycles. The van der Waals surface area contributed by atoms with Crippen LogP contribution in [0.25, 0.3) is 0 Å². The van der Waals surface area contributed by atoms with E-state index in [1.165, 1.54) is 12.0 Å². The molecule has 0 spiro atoms. The highest BCUT2D eigenvalue weighted by Gasteiger charge is 2.55. The molecule has 0 saturated carbocycles. The van der Waals surface area contributed by atoms with Crippen molar-refractivity contribution in [2.75, 3.05) is 7.11 Å². The third-order valence-electron chi connectivity index (χ3n) is 4.45.